The zero-order valence-corrected chi connectivity index (χ0v) is 10.1. The first-order valence-corrected chi connectivity index (χ1v) is 6.09. The maximum atomic E-state index is 5.67. The Labute approximate surface area is 96.8 Å². The first kappa shape index (κ1) is 9.95. The van der Waals surface area contributed by atoms with Gasteiger partial charge in [0, 0.05) is 12.3 Å². The van der Waals surface area contributed by atoms with Crippen LogP contribution in [0.5, 0.6) is 0 Å². The van der Waals surface area contributed by atoms with Gasteiger partial charge >= 0.3 is 0 Å². The molecule has 0 bridgehead atoms. The summed E-state index contributed by atoms with van der Waals surface area (Å²) in [5.41, 5.74) is 7.31. The summed E-state index contributed by atoms with van der Waals surface area (Å²) >= 11 is 0. The molecular formula is C15H18O. The third-order valence-electron chi connectivity index (χ3n) is 4.20. The van der Waals surface area contributed by atoms with Crippen LogP contribution in [-0.2, 0) is 12.8 Å². The van der Waals surface area contributed by atoms with Crippen molar-refractivity contribution in [1.82, 2.24) is 0 Å². The zero-order valence-electron chi connectivity index (χ0n) is 10.1. The van der Waals surface area contributed by atoms with Crippen molar-refractivity contribution >= 4 is 0 Å². The number of allylic oxidation sites excluding steroid dienone is 3. The number of hydrogen-bond donors (Lipinski definition) is 0. The summed E-state index contributed by atoms with van der Waals surface area (Å²) in [7, 11) is 0. The van der Waals surface area contributed by atoms with Crippen molar-refractivity contribution in [3.63, 3.8) is 0 Å². The van der Waals surface area contributed by atoms with E-state index in [9.17, 15) is 0 Å². The number of rotatable bonds is 0. The lowest BCUT2D eigenvalue weighted by molar-refractivity contribution is 0.515. The van der Waals surface area contributed by atoms with Crippen LogP contribution in [0.4, 0.5) is 0 Å². The van der Waals surface area contributed by atoms with E-state index in [1.165, 1.54) is 40.9 Å². The van der Waals surface area contributed by atoms with Gasteiger partial charge in [-0.3, -0.25) is 0 Å². The van der Waals surface area contributed by atoms with Crippen molar-refractivity contribution in [1.29, 1.82) is 0 Å². The average Bonchev–Trinajstić information content (AvgIpc) is 2.72. The molecule has 0 saturated heterocycles. The highest BCUT2D eigenvalue weighted by Crippen LogP contribution is 2.43. The molecule has 1 heterocycles. The van der Waals surface area contributed by atoms with Gasteiger partial charge < -0.3 is 4.42 Å². The minimum atomic E-state index is 0.595. The Balaban J connectivity index is 2.11. The Kier molecular flexibility index (Phi) is 2.10. The largest absolute Gasteiger partial charge is 0.468 e. The van der Waals surface area contributed by atoms with Crippen LogP contribution in [0.1, 0.15) is 36.7 Å². The van der Waals surface area contributed by atoms with Crippen molar-refractivity contribution < 1.29 is 4.42 Å². The highest BCUT2D eigenvalue weighted by molar-refractivity contribution is 5.41. The number of aryl methyl sites for hydroxylation is 1. The van der Waals surface area contributed by atoms with Gasteiger partial charge in [-0.1, -0.05) is 23.3 Å². The van der Waals surface area contributed by atoms with Crippen LogP contribution in [0.15, 0.2) is 34.0 Å². The molecule has 1 saturated carbocycles. The molecule has 1 heteroatoms. The standard InChI is InChI=1S/C15H18O/c1-9-4-5-12-10(2)6-15-14(7-13(9)12)11(3)8-16-15/h8,13H,1,4-7H2,2-3H3/t13-/m1/s1. The van der Waals surface area contributed by atoms with E-state index < -0.39 is 0 Å². The Morgan fingerprint density at radius 2 is 2.12 bits per heavy atom. The van der Waals surface area contributed by atoms with Gasteiger partial charge in [-0.25, -0.2) is 0 Å². The lowest BCUT2D eigenvalue weighted by atomic mass is 9.91. The molecule has 84 valence electrons. The topological polar surface area (TPSA) is 13.1 Å². The fraction of sp³-hybridized carbons (Fsp3) is 0.467. The summed E-state index contributed by atoms with van der Waals surface area (Å²) in [5, 5.41) is 0. The maximum absolute atomic E-state index is 5.67. The van der Waals surface area contributed by atoms with E-state index in [-0.39, 0.29) is 0 Å². The third kappa shape index (κ3) is 1.31. The molecule has 0 unspecified atom stereocenters. The molecule has 3 rings (SSSR count). The molecule has 1 fully saturated rings. The molecule has 1 atom stereocenters. The van der Waals surface area contributed by atoms with Crippen LogP contribution >= 0.6 is 0 Å². The highest BCUT2D eigenvalue weighted by atomic mass is 16.3. The molecule has 0 aromatic carbocycles. The van der Waals surface area contributed by atoms with Crippen LogP contribution in [0.3, 0.4) is 0 Å². The fourth-order valence-electron chi connectivity index (χ4n) is 3.17. The Bertz CT molecular complexity index is 488. The van der Waals surface area contributed by atoms with Gasteiger partial charge in [0.25, 0.3) is 0 Å². The van der Waals surface area contributed by atoms with Gasteiger partial charge in [0.2, 0.25) is 0 Å². The van der Waals surface area contributed by atoms with Crippen LogP contribution in [0.25, 0.3) is 0 Å². The van der Waals surface area contributed by atoms with E-state index in [4.69, 9.17) is 4.42 Å². The summed E-state index contributed by atoms with van der Waals surface area (Å²) in [4.78, 5) is 0. The smallest absolute Gasteiger partial charge is 0.111 e. The van der Waals surface area contributed by atoms with Crippen molar-refractivity contribution in [3.8, 4) is 0 Å². The number of furan rings is 1. The van der Waals surface area contributed by atoms with Gasteiger partial charge in [0.15, 0.2) is 0 Å². The quantitative estimate of drug-likeness (QED) is 0.596. The van der Waals surface area contributed by atoms with Crippen LogP contribution < -0.4 is 0 Å². The highest BCUT2D eigenvalue weighted by Gasteiger charge is 2.31. The predicted molar refractivity (Wildman–Crippen MR) is 65.4 cm³/mol. The summed E-state index contributed by atoms with van der Waals surface area (Å²) in [6.45, 7) is 8.65. The molecular weight excluding hydrogens is 196 g/mol. The molecule has 2 aliphatic carbocycles. The molecule has 0 N–H and O–H groups in total. The van der Waals surface area contributed by atoms with Crippen molar-refractivity contribution in [2.75, 3.05) is 0 Å². The lowest BCUT2D eigenvalue weighted by Crippen LogP contribution is -2.03. The molecule has 1 nitrogen and oxygen atoms in total. The zero-order chi connectivity index (χ0) is 11.3. The molecule has 0 spiro atoms. The van der Waals surface area contributed by atoms with Gasteiger partial charge in [0.05, 0.1) is 6.26 Å². The van der Waals surface area contributed by atoms with E-state index in [0.29, 0.717) is 5.92 Å². The lowest BCUT2D eigenvalue weighted by Gasteiger charge is -2.12. The molecule has 0 aliphatic heterocycles. The fourth-order valence-corrected chi connectivity index (χ4v) is 3.17. The average molecular weight is 214 g/mol. The SMILES string of the molecule is C=C1CCC2=C(C)Cc3occ(C)c3C[C@H]12. The van der Waals surface area contributed by atoms with E-state index in [2.05, 4.69) is 20.4 Å². The van der Waals surface area contributed by atoms with E-state index in [1.807, 2.05) is 6.26 Å². The van der Waals surface area contributed by atoms with Gasteiger partial charge in [-0.2, -0.15) is 0 Å². The monoisotopic (exact) mass is 214 g/mol. The Morgan fingerprint density at radius 1 is 1.31 bits per heavy atom. The van der Waals surface area contributed by atoms with Crippen molar-refractivity contribution in [2.45, 2.75) is 39.5 Å². The summed E-state index contributed by atoms with van der Waals surface area (Å²) in [6, 6.07) is 0. The molecule has 0 radical (unpaired) electrons. The molecule has 16 heavy (non-hydrogen) atoms. The van der Waals surface area contributed by atoms with Gasteiger partial charge in [-0.05, 0) is 44.2 Å². The van der Waals surface area contributed by atoms with E-state index in [0.717, 1.165) is 12.8 Å². The predicted octanol–water partition coefficient (Wildman–Crippen LogP) is 3.97. The minimum absolute atomic E-state index is 0.595. The molecule has 1 aromatic rings. The number of fused-ring (bicyclic) bond motifs is 2. The second-order valence-electron chi connectivity index (χ2n) is 5.22. The Hall–Kier alpha value is -1.24. The number of hydrogen-bond acceptors (Lipinski definition) is 1. The molecule has 0 amide bonds. The van der Waals surface area contributed by atoms with Gasteiger partial charge in [-0.15, -0.1) is 0 Å². The first-order valence-electron chi connectivity index (χ1n) is 6.09. The van der Waals surface area contributed by atoms with E-state index >= 15 is 0 Å². The van der Waals surface area contributed by atoms with Crippen LogP contribution in [0.2, 0.25) is 0 Å². The normalized spacial score (nSPS) is 24.4. The molecule has 1 aromatic heterocycles. The molecule has 2 aliphatic rings. The summed E-state index contributed by atoms with van der Waals surface area (Å²) < 4.78 is 5.67. The second kappa shape index (κ2) is 3.38. The van der Waals surface area contributed by atoms with Crippen LogP contribution in [-0.4, -0.2) is 0 Å². The van der Waals surface area contributed by atoms with Gasteiger partial charge in [0.1, 0.15) is 5.76 Å². The minimum Gasteiger partial charge on any atom is -0.468 e. The van der Waals surface area contributed by atoms with Crippen LogP contribution in [0, 0.1) is 12.8 Å². The first-order chi connectivity index (χ1) is 7.66. The second-order valence-corrected chi connectivity index (χ2v) is 5.22. The third-order valence-corrected chi connectivity index (χ3v) is 4.20. The Morgan fingerprint density at radius 3 is 2.94 bits per heavy atom. The van der Waals surface area contributed by atoms with Crippen molar-refractivity contribution in [2.24, 2.45) is 5.92 Å². The summed E-state index contributed by atoms with van der Waals surface area (Å²) in [5.74, 6) is 1.78. The van der Waals surface area contributed by atoms with Crippen molar-refractivity contribution in [3.05, 3.63) is 46.4 Å². The summed E-state index contributed by atoms with van der Waals surface area (Å²) in [6.07, 6.45) is 6.42. The van der Waals surface area contributed by atoms with E-state index in [1.54, 1.807) is 5.57 Å². The maximum Gasteiger partial charge on any atom is 0.111 e.